The molecular formula is C17H34N4O. The van der Waals surface area contributed by atoms with Gasteiger partial charge in [0.1, 0.15) is 0 Å². The number of guanidine groups is 1. The van der Waals surface area contributed by atoms with Crippen LogP contribution in [0.5, 0.6) is 0 Å². The number of hydrogen-bond acceptors (Lipinski definition) is 3. The summed E-state index contributed by atoms with van der Waals surface area (Å²) in [5, 5.41) is 17.0. The molecule has 0 aromatic carbocycles. The van der Waals surface area contributed by atoms with Crippen LogP contribution in [-0.2, 0) is 0 Å². The zero-order chi connectivity index (χ0) is 16.0. The maximum atomic E-state index is 10.2. The van der Waals surface area contributed by atoms with Crippen molar-refractivity contribution in [2.75, 3.05) is 32.7 Å². The summed E-state index contributed by atoms with van der Waals surface area (Å²) in [5.74, 6) is 1.61. The van der Waals surface area contributed by atoms with Gasteiger partial charge < -0.3 is 20.6 Å². The van der Waals surface area contributed by atoms with E-state index < -0.39 is 5.60 Å². The van der Waals surface area contributed by atoms with Crippen molar-refractivity contribution in [1.29, 1.82) is 0 Å². The van der Waals surface area contributed by atoms with E-state index in [0.717, 1.165) is 37.7 Å². The molecule has 1 saturated carbocycles. The molecule has 0 bridgehead atoms. The van der Waals surface area contributed by atoms with Crippen LogP contribution in [-0.4, -0.2) is 60.3 Å². The van der Waals surface area contributed by atoms with Gasteiger partial charge in [0.05, 0.1) is 12.1 Å². The van der Waals surface area contributed by atoms with Gasteiger partial charge in [-0.3, -0.25) is 4.99 Å². The highest BCUT2D eigenvalue weighted by atomic mass is 16.3. The van der Waals surface area contributed by atoms with Gasteiger partial charge in [0, 0.05) is 32.2 Å². The number of hydrogen-bond donors (Lipinski definition) is 3. The van der Waals surface area contributed by atoms with Crippen LogP contribution in [0.2, 0.25) is 0 Å². The van der Waals surface area contributed by atoms with E-state index in [1.54, 1.807) is 0 Å². The van der Waals surface area contributed by atoms with Crippen LogP contribution in [0.25, 0.3) is 0 Å². The minimum atomic E-state index is -0.539. The second-order valence-corrected chi connectivity index (χ2v) is 7.39. The number of likely N-dealkylation sites (tertiary alicyclic amines) is 1. The van der Waals surface area contributed by atoms with E-state index in [1.165, 1.54) is 32.5 Å². The molecule has 1 saturated heterocycles. The molecular weight excluding hydrogens is 276 g/mol. The van der Waals surface area contributed by atoms with Crippen LogP contribution in [0.1, 0.15) is 52.9 Å². The lowest BCUT2D eigenvalue weighted by atomic mass is 9.80. The van der Waals surface area contributed by atoms with Crippen molar-refractivity contribution in [1.82, 2.24) is 15.5 Å². The molecule has 0 radical (unpaired) electrons. The van der Waals surface area contributed by atoms with Crippen molar-refractivity contribution in [3.05, 3.63) is 0 Å². The number of aliphatic hydroxyl groups is 1. The third kappa shape index (κ3) is 5.43. The second-order valence-electron chi connectivity index (χ2n) is 7.39. The standard InChI is InChI=1S/C17H34N4O/c1-4-18-16(19-13-17(22)8-5-9-17)20-15-6-10-21(11-7-15)12-14(2)3/h14-15,22H,4-13H2,1-3H3,(H2,18,19,20). The Balaban J connectivity index is 1.77. The Labute approximate surface area is 135 Å². The molecule has 1 aliphatic carbocycles. The van der Waals surface area contributed by atoms with Gasteiger partial charge in [-0.05, 0) is 44.9 Å². The molecule has 1 heterocycles. The summed E-state index contributed by atoms with van der Waals surface area (Å²) in [6, 6.07) is 0.497. The SMILES string of the molecule is CCNC(=NCC1(O)CCC1)NC1CCN(CC(C)C)CC1. The third-order valence-corrected chi connectivity index (χ3v) is 4.71. The van der Waals surface area contributed by atoms with Crippen molar-refractivity contribution < 1.29 is 5.11 Å². The molecule has 0 atom stereocenters. The molecule has 0 spiro atoms. The summed E-state index contributed by atoms with van der Waals surface area (Å²) >= 11 is 0. The van der Waals surface area contributed by atoms with Crippen LogP contribution in [0.3, 0.4) is 0 Å². The predicted molar refractivity (Wildman–Crippen MR) is 92.2 cm³/mol. The first-order chi connectivity index (χ1) is 10.5. The number of rotatable bonds is 6. The van der Waals surface area contributed by atoms with E-state index in [4.69, 9.17) is 0 Å². The molecule has 1 aliphatic heterocycles. The number of nitrogens with one attached hydrogen (secondary N) is 2. The first-order valence-electron chi connectivity index (χ1n) is 9.00. The van der Waals surface area contributed by atoms with Gasteiger partial charge >= 0.3 is 0 Å². The van der Waals surface area contributed by atoms with Crippen LogP contribution >= 0.6 is 0 Å². The van der Waals surface area contributed by atoms with Crippen molar-refractivity contribution in [3.63, 3.8) is 0 Å². The number of nitrogens with zero attached hydrogens (tertiary/aromatic N) is 2. The van der Waals surface area contributed by atoms with Gasteiger partial charge in [0.15, 0.2) is 5.96 Å². The molecule has 5 heteroatoms. The maximum absolute atomic E-state index is 10.2. The monoisotopic (exact) mass is 310 g/mol. The van der Waals surface area contributed by atoms with Gasteiger partial charge in [-0.15, -0.1) is 0 Å². The largest absolute Gasteiger partial charge is 0.388 e. The average molecular weight is 310 g/mol. The highest BCUT2D eigenvalue weighted by Crippen LogP contribution is 2.31. The molecule has 128 valence electrons. The van der Waals surface area contributed by atoms with Crippen molar-refractivity contribution in [2.45, 2.75) is 64.5 Å². The molecule has 2 rings (SSSR count). The Hall–Kier alpha value is -0.810. The summed E-state index contributed by atoms with van der Waals surface area (Å²) < 4.78 is 0. The molecule has 22 heavy (non-hydrogen) atoms. The Morgan fingerprint density at radius 3 is 2.50 bits per heavy atom. The van der Waals surface area contributed by atoms with Gasteiger partial charge in [-0.25, -0.2) is 0 Å². The smallest absolute Gasteiger partial charge is 0.191 e. The lowest BCUT2D eigenvalue weighted by Gasteiger charge is -2.36. The van der Waals surface area contributed by atoms with E-state index in [0.29, 0.717) is 12.6 Å². The fraction of sp³-hybridized carbons (Fsp3) is 0.941. The zero-order valence-corrected chi connectivity index (χ0v) is 14.6. The molecule has 0 unspecified atom stereocenters. The van der Waals surface area contributed by atoms with Gasteiger partial charge in [-0.1, -0.05) is 13.8 Å². The van der Waals surface area contributed by atoms with Crippen LogP contribution in [0.4, 0.5) is 0 Å². The van der Waals surface area contributed by atoms with Crippen LogP contribution < -0.4 is 10.6 Å². The summed E-state index contributed by atoms with van der Waals surface area (Å²) in [6.45, 7) is 11.6. The minimum absolute atomic E-state index is 0.497. The maximum Gasteiger partial charge on any atom is 0.191 e. The lowest BCUT2D eigenvalue weighted by Crippen LogP contribution is -2.50. The average Bonchev–Trinajstić information content (AvgIpc) is 2.44. The van der Waals surface area contributed by atoms with E-state index in [-0.39, 0.29) is 0 Å². The number of aliphatic imine (C=N–C) groups is 1. The van der Waals surface area contributed by atoms with E-state index in [1.807, 2.05) is 0 Å². The highest BCUT2D eigenvalue weighted by molar-refractivity contribution is 5.80. The molecule has 0 aromatic rings. The fourth-order valence-electron chi connectivity index (χ4n) is 3.26. The molecule has 0 amide bonds. The van der Waals surface area contributed by atoms with Gasteiger partial charge in [0.2, 0.25) is 0 Å². The van der Waals surface area contributed by atoms with Crippen LogP contribution in [0, 0.1) is 5.92 Å². The summed E-state index contributed by atoms with van der Waals surface area (Å²) in [4.78, 5) is 7.16. The normalized spacial score (nSPS) is 23.4. The Kier molecular flexibility index (Phi) is 6.50. The molecule has 5 nitrogen and oxygen atoms in total. The van der Waals surface area contributed by atoms with Gasteiger partial charge in [0.25, 0.3) is 0 Å². The van der Waals surface area contributed by atoms with E-state index in [2.05, 4.69) is 41.3 Å². The highest BCUT2D eigenvalue weighted by Gasteiger charge is 2.34. The summed E-state index contributed by atoms with van der Waals surface area (Å²) in [6.07, 6.45) is 5.25. The van der Waals surface area contributed by atoms with Crippen LogP contribution in [0.15, 0.2) is 4.99 Å². The zero-order valence-electron chi connectivity index (χ0n) is 14.6. The predicted octanol–water partition coefficient (Wildman–Crippen LogP) is 1.58. The topological polar surface area (TPSA) is 59.9 Å². The second kappa shape index (κ2) is 8.16. The van der Waals surface area contributed by atoms with Crippen molar-refractivity contribution >= 4 is 5.96 Å². The Bertz CT molecular complexity index is 358. The molecule has 2 aliphatic rings. The summed E-state index contributed by atoms with van der Waals surface area (Å²) in [5.41, 5.74) is -0.539. The molecule has 3 N–H and O–H groups in total. The Morgan fingerprint density at radius 2 is 2.00 bits per heavy atom. The quantitative estimate of drug-likeness (QED) is 0.515. The minimum Gasteiger partial charge on any atom is -0.388 e. The van der Waals surface area contributed by atoms with E-state index >= 15 is 0 Å². The fourth-order valence-corrected chi connectivity index (χ4v) is 3.26. The number of piperidine rings is 1. The van der Waals surface area contributed by atoms with E-state index in [9.17, 15) is 5.11 Å². The molecule has 0 aromatic heterocycles. The first kappa shape index (κ1) is 17.5. The molecule has 2 fully saturated rings. The first-order valence-corrected chi connectivity index (χ1v) is 9.00. The third-order valence-electron chi connectivity index (χ3n) is 4.71. The Morgan fingerprint density at radius 1 is 1.32 bits per heavy atom. The lowest BCUT2D eigenvalue weighted by molar-refractivity contribution is -0.0236. The summed E-state index contributed by atoms with van der Waals surface area (Å²) in [7, 11) is 0. The van der Waals surface area contributed by atoms with Crippen molar-refractivity contribution in [2.24, 2.45) is 10.9 Å². The van der Waals surface area contributed by atoms with Gasteiger partial charge in [-0.2, -0.15) is 0 Å². The van der Waals surface area contributed by atoms with Crippen molar-refractivity contribution in [3.8, 4) is 0 Å².